The van der Waals surface area contributed by atoms with E-state index in [1.54, 1.807) is 17.1 Å². The maximum atomic E-state index is 11.4. The van der Waals surface area contributed by atoms with Crippen molar-refractivity contribution in [1.82, 2.24) is 9.78 Å². The smallest absolute Gasteiger partial charge is 0.229 e. The molecule has 15 heavy (non-hydrogen) atoms. The Morgan fingerprint density at radius 3 is 3.00 bits per heavy atom. The number of rotatable bonds is 3. The lowest BCUT2D eigenvalue weighted by Crippen LogP contribution is -2.24. The number of nitrogens with zero attached hydrogens (tertiary/aromatic N) is 3. The molecule has 1 atom stereocenters. The lowest BCUT2D eigenvalue weighted by atomic mass is 10.3. The van der Waals surface area contributed by atoms with Gasteiger partial charge in [0.2, 0.25) is 5.91 Å². The summed E-state index contributed by atoms with van der Waals surface area (Å²) >= 11 is 0. The second kappa shape index (κ2) is 4.00. The van der Waals surface area contributed by atoms with Crippen LogP contribution in [0.1, 0.15) is 6.42 Å². The highest BCUT2D eigenvalue weighted by molar-refractivity contribution is 5.95. The molecule has 1 saturated heterocycles. The molecular weight excluding hydrogens is 198 g/mol. The van der Waals surface area contributed by atoms with Gasteiger partial charge >= 0.3 is 0 Å². The van der Waals surface area contributed by atoms with Crippen molar-refractivity contribution in [2.24, 2.45) is 0 Å². The molecule has 1 amide bonds. The van der Waals surface area contributed by atoms with Crippen molar-refractivity contribution >= 4 is 11.6 Å². The minimum Gasteiger partial charge on any atom is -0.394 e. The third-order valence-electron chi connectivity index (χ3n) is 2.37. The molecule has 0 aliphatic carbocycles. The highest BCUT2D eigenvalue weighted by Gasteiger charge is 2.29. The molecule has 2 N–H and O–H groups in total. The molecule has 1 aromatic heterocycles. The summed E-state index contributed by atoms with van der Waals surface area (Å²) < 4.78 is 1.56. The van der Waals surface area contributed by atoms with Crippen LogP contribution in [0.2, 0.25) is 0 Å². The van der Waals surface area contributed by atoms with Crippen molar-refractivity contribution < 1.29 is 15.0 Å². The van der Waals surface area contributed by atoms with Crippen LogP contribution in [0.4, 0.5) is 5.69 Å². The Hall–Kier alpha value is -1.40. The topological polar surface area (TPSA) is 78.6 Å². The minimum atomic E-state index is -0.585. The van der Waals surface area contributed by atoms with Gasteiger partial charge in [-0.25, -0.2) is 0 Å². The summed E-state index contributed by atoms with van der Waals surface area (Å²) in [6, 6.07) is 0. The maximum Gasteiger partial charge on any atom is 0.229 e. The molecule has 1 aromatic rings. The van der Waals surface area contributed by atoms with E-state index >= 15 is 0 Å². The molecule has 82 valence electrons. The van der Waals surface area contributed by atoms with Gasteiger partial charge in [0.05, 0.1) is 44.1 Å². The van der Waals surface area contributed by atoms with Gasteiger partial charge in [0.1, 0.15) is 0 Å². The van der Waals surface area contributed by atoms with Gasteiger partial charge in [-0.1, -0.05) is 0 Å². The zero-order valence-electron chi connectivity index (χ0n) is 8.20. The largest absolute Gasteiger partial charge is 0.394 e. The number of hydrogen-bond donors (Lipinski definition) is 2. The third-order valence-corrected chi connectivity index (χ3v) is 2.37. The third kappa shape index (κ3) is 2.00. The van der Waals surface area contributed by atoms with Crippen molar-refractivity contribution in [3.05, 3.63) is 12.4 Å². The van der Waals surface area contributed by atoms with E-state index in [9.17, 15) is 9.90 Å². The van der Waals surface area contributed by atoms with Crippen molar-refractivity contribution in [2.75, 3.05) is 18.1 Å². The Labute approximate surface area is 86.7 Å². The molecule has 2 heterocycles. The maximum absolute atomic E-state index is 11.4. The van der Waals surface area contributed by atoms with Crippen molar-refractivity contribution in [3.8, 4) is 0 Å². The number of aromatic nitrogens is 2. The molecule has 6 nitrogen and oxygen atoms in total. The zero-order chi connectivity index (χ0) is 10.8. The second-order valence-electron chi connectivity index (χ2n) is 3.55. The van der Waals surface area contributed by atoms with Crippen LogP contribution >= 0.6 is 0 Å². The summed E-state index contributed by atoms with van der Waals surface area (Å²) in [6.07, 6.45) is 2.84. The van der Waals surface area contributed by atoms with Crippen LogP contribution in [0.3, 0.4) is 0 Å². The van der Waals surface area contributed by atoms with E-state index in [1.807, 2.05) is 0 Å². The highest BCUT2D eigenvalue weighted by Crippen LogP contribution is 2.20. The van der Waals surface area contributed by atoms with Crippen LogP contribution in [-0.4, -0.2) is 45.2 Å². The molecule has 0 aromatic carbocycles. The van der Waals surface area contributed by atoms with Crippen LogP contribution in [0.15, 0.2) is 12.4 Å². The summed E-state index contributed by atoms with van der Waals surface area (Å²) in [6.45, 7) is 0.742. The van der Waals surface area contributed by atoms with Crippen molar-refractivity contribution in [2.45, 2.75) is 19.1 Å². The van der Waals surface area contributed by atoms with Crippen molar-refractivity contribution in [1.29, 1.82) is 0 Å². The fourth-order valence-electron chi connectivity index (χ4n) is 1.66. The molecule has 2 rings (SSSR count). The van der Waals surface area contributed by atoms with E-state index in [4.69, 9.17) is 5.11 Å². The fraction of sp³-hybridized carbons (Fsp3) is 0.556. The summed E-state index contributed by atoms with van der Waals surface area (Å²) in [4.78, 5) is 12.9. The van der Waals surface area contributed by atoms with Gasteiger partial charge < -0.3 is 15.1 Å². The van der Waals surface area contributed by atoms with Gasteiger partial charge in [0, 0.05) is 6.20 Å². The molecule has 0 bridgehead atoms. The first-order valence-electron chi connectivity index (χ1n) is 4.82. The van der Waals surface area contributed by atoms with Gasteiger partial charge in [-0.05, 0) is 0 Å². The van der Waals surface area contributed by atoms with Crippen LogP contribution in [0.25, 0.3) is 0 Å². The second-order valence-corrected chi connectivity index (χ2v) is 3.55. The predicted molar refractivity (Wildman–Crippen MR) is 52.3 cm³/mol. The molecule has 1 fully saturated rings. The normalized spacial score (nSPS) is 21.3. The van der Waals surface area contributed by atoms with Gasteiger partial charge in [0.25, 0.3) is 0 Å². The number of amides is 1. The first-order chi connectivity index (χ1) is 7.20. The summed E-state index contributed by atoms with van der Waals surface area (Å²) in [5, 5.41) is 22.0. The molecule has 1 aliphatic rings. The number of hydrogen-bond acceptors (Lipinski definition) is 4. The fourth-order valence-corrected chi connectivity index (χ4v) is 1.66. The van der Waals surface area contributed by atoms with E-state index in [1.165, 1.54) is 4.90 Å². The standard InChI is InChI=1S/C9H13N3O3/c13-2-1-11-5-7(4-10-11)12-6-8(14)3-9(12)15/h4-5,8,13-14H,1-3,6H2. The Balaban J connectivity index is 2.12. The lowest BCUT2D eigenvalue weighted by Gasteiger charge is -2.12. The minimum absolute atomic E-state index is 0.0116. The Morgan fingerprint density at radius 2 is 2.40 bits per heavy atom. The summed E-state index contributed by atoms with van der Waals surface area (Å²) in [7, 11) is 0. The number of carbonyl (C=O) groups excluding carboxylic acids is 1. The Kier molecular flexibility index (Phi) is 2.70. The predicted octanol–water partition coefficient (Wildman–Crippen LogP) is -1.03. The van der Waals surface area contributed by atoms with E-state index in [-0.39, 0.29) is 18.9 Å². The monoisotopic (exact) mass is 211 g/mol. The summed E-state index contributed by atoms with van der Waals surface area (Å²) in [5.74, 6) is -0.0916. The number of β-amino-alcohol motifs (C(OH)–C–C–N with tert-alkyl or cyclic N) is 1. The van der Waals surface area contributed by atoms with Crippen LogP contribution in [0, 0.1) is 0 Å². The molecular formula is C9H13N3O3. The SMILES string of the molecule is O=C1CC(O)CN1c1cnn(CCO)c1. The number of anilines is 1. The van der Waals surface area contributed by atoms with Crippen LogP contribution in [0.5, 0.6) is 0 Å². The molecule has 6 heteroatoms. The highest BCUT2D eigenvalue weighted by atomic mass is 16.3. The molecule has 0 radical (unpaired) electrons. The Morgan fingerprint density at radius 1 is 1.60 bits per heavy atom. The molecule has 0 saturated carbocycles. The molecule has 1 unspecified atom stereocenters. The van der Waals surface area contributed by atoms with E-state index in [2.05, 4.69) is 5.10 Å². The lowest BCUT2D eigenvalue weighted by molar-refractivity contribution is -0.117. The average Bonchev–Trinajstić information content (AvgIpc) is 2.73. The van der Waals surface area contributed by atoms with Crippen LogP contribution < -0.4 is 4.90 Å². The van der Waals surface area contributed by atoms with E-state index in [0.717, 1.165) is 0 Å². The molecule has 0 spiro atoms. The van der Waals surface area contributed by atoms with E-state index in [0.29, 0.717) is 18.8 Å². The zero-order valence-corrected chi connectivity index (χ0v) is 8.20. The number of aliphatic hydroxyl groups excluding tert-OH is 2. The van der Waals surface area contributed by atoms with Gasteiger partial charge in [-0.3, -0.25) is 9.48 Å². The Bertz CT molecular complexity index is 363. The number of aliphatic hydroxyl groups is 2. The van der Waals surface area contributed by atoms with Gasteiger partial charge in [-0.2, -0.15) is 5.10 Å². The van der Waals surface area contributed by atoms with Gasteiger partial charge in [0.15, 0.2) is 0 Å². The summed E-state index contributed by atoms with van der Waals surface area (Å²) in [5.41, 5.74) is 0.671. The number of carbonyl (C=O) groups is 1. The quantitative estimate of drug-likeness (QED) is 0.670. The molecule has 1 aliphatic heterocycles. The first-order valence-corrected chi connectivity index (χ1v) is 4.82. The van der Waals surface area contributed by atoms with Gasteiger partial charge in [-0.15, -0.1) is 0 Å². The van der Waals surface area contributed by atoms with E-state index < -0.39 is 6.10 Å². The average molecular weight is 211 g/mol. The first kappa shape index (κ1) is 10.1. The van der Waals surface area contributed by atoms with Crippen LogP contribution in [-0.2, 0) is 11.3 Å². The van der Waals surface area contributed by atoms with Crippen molar-refractivity contribution in [3.63, 3.8) is 0 Å².